The van der Waals surface area contributed by atoms with Crippen LogP contribution in [0.2, 0.25) is 0 Å². The molecule has 1 unspecified atom stereocenters. The maximum absolute atomic E-state index is 13.5. The van der Waals surface area contributed by atoms with E-state index >= 15 is 0 Å². The lowest BCUT2D eigenvalue weighted by atomic mass is 10.1. The number of rotatable bonds is 8. The molecular formula is C26H23BrN4O5S. The molecule has 1 fully saturated rings. The largest absolute Gasteiger partial charge is 0.497 e. The third kappa shape index (κ3) is 5.89. The van der Waals surface area contributed by atoms with E-state index in [1.165, 1.54) is 24.1 Å². The lowest BCUT2D eigenvalue weighted by Gasteiger charge is -2.24. The molecule has 11 heteroatoms. The van der Waals surface area contributed by atoms with Crippen molar-refractivity contribution in [2.45, 2.75) is 12.5 Å². The molecule has 3 aromatic rings. The summed E-state index contributed by atoms with van der Waals surface area (Å²) in [5, 5.41) is 4.07. The smallest absolute Gasteiger partial charge is 0.269 e. The van der Waals surface area contributed by atoms with Gasteiger partial charge in [0.05, 0.1) is 26.3 Å². The number of nitrogens with one attached hydrogen (secondary N) is 2. The number of carbonyl (C=O) groups excluding carboxylic acids is 3. The molecule has 1 saturated heterocycles. The fourth-order valence-corrected chi connectivity index (χ4v) is 4.36. The van der Waals surface area contributed by atoms with Crippen molar-refractivity contribution >= 4 is 62.4 Å². The van der Waals surface area contributed by atoms with Crippen molar-refractivity contribution < 1.29 is 23.9 Å². The molecule has 9 nitrogen and oxygen atoms in total. The Bertz CT molecular complexity index is 1330. The summed E-state index contributed by atoms with van der Waals surface area (Å²) < 4.78 is 11.2. The highest BCUT2D eigenvalue weighted by Gasteiger charge is 2.45. The number of carbonyl (C=O) groups is 3. The normalized spacial score (nSPS) is 14.9. The monoisotopic (exact) mass is 582 g/mol. The third-order valence-electron chi connectivity index (χ3n) is 5.61. The molecule has 1 heterocycles. The zero-order valence-corrected chi connectivity index (χ0v) is 22.3. The van der Waals surface area contributed by atoms with Crippen LogP contribution in [0.15, 0.2) is 77.3 Å². The van der Waals surface area contributed by atoms with E-state index in [0.29, 0.717) is 28.4 Å². The van der Waals surface area contributed by atoms with Crippen molar-refractivity contribution in [1.82, 2.24) is 10.4 Å². The molecule has 0 bridgehead atoms. The van der Waals surface area contributed by atoms with Gasteiger partial charge < -0.3 is 14.8 Å². The summed E-state index contributed by atoms with van der Waals surface area (Å²) in [6.07, 6.45) is -0.260. The zero-order valence-electron chi connectivity index (χ0n) is 19.9. The number of benzene rings is 3. The van der Waals surface area contributed by atoms with Gasteiger partial charge in [-0.25, -0.2) is 5.01 Å². The number of nitrogens with zero attached hydrogens (tertiary/aromatic N) is 2. The molecule has 3 amide bonds. The molecule has 2 N–H and O–H groups in total. The van der Waals surface area contributed by atoms with Crippen molar-refractivity contribution in [2.24, 2.45) is 0 Å². The van der Waals surface area contributed by atoms with Crippen LogP contribution in [0, 0.1) is 0 Å². The van der Waals surface area contributed by atoms with Gasteiger partial charge in [0.15, 0.2) is 0 Å². The van der Waals surface area contributed by atoms with E-state index in [1.54, 1.807) is 72.8 Å². The Morgan fingerprint density at radius 3 is 2.30 bits per heavy atom. The summed E-state index contributed by atoms with van der Waals surface area (Å²) in [6, 6.07) is 19.2. The minimum Gasteiger partial charge on any atom is -0.497 e. The number of hydrogen-bond acceptors (Lipinski definition) is 6. The second-order valence-electron chi connectivity index (χ2n) is 7.97. The minimum absolute atomic E-state index is 0.0415. The van der Waals surface area contributed by atoms with E-state index in [1.807, 2.05) is 0 Å². The zero-order chi connectivity index (χ0) is 26.5. The van der Waals surface area contributed by atoms with Crippen LogP contribution in [0.1, 0.15) is 16.8 Å². The van der Waals surface area contributed by atoms with Crippen LogP contribution in [-0.2, 0) is 9.59 Å². The number of methoxy groups -OCH3 is 2. The summed E-state index contributed by atoms with van der Waals surface area (Å²) in [7, 11) is 3.07. The molecule has 0 spiro atoms. The van der Waals surface area contributed by atoms with Crippen LogP contribution in [0.3, 0.4) is 0 Å². The maximum Gasteiger partial charge on any atom is 0.269 e. The highest BCUT2D eigenvalue weighted by Crippen LogP contribution is 2.28. The molecule has 0 aromatic heterocycles. The van der Waals surface area contributed by atoms with Gasteiger partial charge in [0.25, 0.3) is 11.8 Å². The van der Waals surface area contributed by atoms with Gasteiger partial charge in [0, 0.05) is 21.8 Å². The van der Waals surface area contributed by atoms with Gasteiger partial charge in [-0.3, -0.25) is 24.7 Å². The van der Waals surface area contributed by atoms with Gasteiger partial charge in [-0.1, -0.05) is 22.0 Å². The number of hydrogen-bond donors (Lipinski definition) is 2. The molecule has 190 valence electrons. The number of anilines is 2. The molecule has 0 saturated carbocycles. The Balaban J connectivity index is 1.59. The minimum atomic E-state index is -1.07. The van der Waals surface area contributed by atoms with Crippen molar-refractivity contribution in [1.29, 1.82) is 0 Å². The van der Waals surface area contributed by atoms with E-state index in [0.717, 1.165) is 4.47 Å². The Morgan fingerprint density at radius 1 is 0.973 bits per heavy atom. The van der Waals surface area contributed by atoms with Crippen molar-refractivity contribution in [3.8, 4) is 11.5 Å². The Labute approximate surface area is 227 Å². The lowest BCUT2D eigenvalue weighted by molar-refractivity contribution is -0.124. The molecule has 0 radical (unpaired) electrons. The van der Waals surface area contributed by atoms with Crippen LogP contribution >= 0.6 is 28.1 Å². The number of amides is 3. The second kappa shape index (κ2) is 11.4. The summed E-state index contributed by atoms with van der Waals surface area (Å²) in [5.74, 6) is -0.181. The first-order chi connectivity index (χ1) is 17.8. The van der Waals surface area contributed by atoms with Gasteiger partial charge in [0.1, 0.15) is 17.5 Å². The van der Waals surface area contributed by atoms with E-state index in [-0.39, 0.29) is 11.5 Å². The Hall–Kier alpha value is -3.96. The van der Waals surface area contributed by atoms with Crippen LogP contribution in [0.5, 0.6) is 11.5 Å². The molecule has 37 heavy (non-hydrogen) atoms. The first-order valence-electron chi connectivity index (χ1n) is 11.1. The topological polar surface area (TPSA) is 100 Å². The van der Waals surface area contributed by atoms with Crippen molar-refractivity contribution in [2.75, 3.05) is 24.4 Å². The van der Waals surface area contributed by atoms with Crippen LogP contribution in [-0.4, -0.2) is 48.1 Å². The first-order valence-corrected chi connectivity index (χ1v) is 12.3. The number of ether oxygens (including phenoxy) is 2. The third-order valence-corrected chi connectivity index (χ3v) is 6.51. The summed E-state index contributed by atoms with van der Waals surface area (Å²) in [6.45, 7) is 0. The fraction of sp³-hybridized carbons (Fsp3) is 0.154. The van der Waals surface area contributed by atoms with E-state index in [9.17, 15) is 14.4 Å². The average Bonchev–Trinajstić information content (AvgIpc) is 3.12. The number of halogens is 1. The average molecular weight is 583 g/mol. The van der Waals surface area contributed by atoms with Crippen LogP contribution < -0.4 is 25.1 Å². The number of thiocarbonyl (C=S) groups is 1. The van der Waals surface area contributed by atoms with Gasteiger partial charge in [-0.15, -0.1) is 0 Å². The standard InChI is InChI=1S/C26H23BrN4O5S/c1-35-20-12-10-19(11-13-20)30-25(34)22(15-23(32)28-18-4-3-5-21(14-18)36-2)31(26(30)37)29-24(33)16-6-8-17(27)9-7-16/h3-14,22H,15H2,1-2H3,(H,28,32)(H,29,33). The fourth-order valence-electron chi connectivity index (χ4n) is 3.73. The van der Waals surface area contributed by atoms with Gasteiger partial charge >= 0.3 is 0 Å². The number of hydrazine groups is 1. The van der Waals surface area contributed by atoms with Gasteiger partial charge in [0.2, 0.25) is 11.0 Å². The summed E-state index contributed by atoms with van der Waals surface area (Å²) in [5.41, 5.74) is 4.06. The quantitative estimate of drug-likeness (QED) is 0.385. The summed E-state index contributed by atoms with van der Waals surface area (Å²) in [4.78, 5) is 40.8. The Kier molecular flexibility index (Phi) is 8.04. The molecule has 1 aliphatic heterocycles. The summed E-state index contributed by atoms with van der Waals surface area (Å²) >= 11 is 8.93. The molecule has 3 aromatic carbocycles. The molecule has 1 atom stereocenters. The van der Waals surface area contributed by atoms with Crippen molar-refractivity contribution in [3.05, 3.63) is 82.8 Å². The first kappa shape index (κ1) is 26.1. The predicted molar refractivity (Wildman–Crippen MR) is 147 cm³/mol. The molecule has 0 aliphatic carbocycles. The van der Waals surface area contributed by atoms with E-state index in [2.05, 4.69) is 26.7 Å². The maximum atomic E-state index is 13.5. The van der Waals surface area contributed by atoms with E-state index in [4.69, 9.17) is 21.7 Å². The van der Waals surface area contributed by atoms with Crippen molar-refractivity contribution in [3.63, 3.8) is 0 Å². The SMILES string of the molecule is COc1ccc(N2C(=O)C(CC(=O)Nc3cccc(OC)c3)N(NC(=O)c3ccc(Br)cc3)C2=S)cc1. The van der Waals surface area contributed by atoms with Gasteiger partial charge in [-0.05, 0) is 72.9 Å². The van der Waals surface area contributed by atoms with Crippen LogP contribution in [0.4, 0.5) is 11.4 Å². The van der Waals surface area contributed by atoms with Crippen LogP contribution in [0.25, 0.3) is 0 Å². The van der Waals surface area contributed by atoms with E-state index < -0.39 is 23.8 Å². The molecule has 4 rings (SSSR count). The highest BCUT2D eigenvalue weighted by molar-refractivity contribution is 9.10. The van der Waals surface area contributed by atoms with Gasteiger partial charge in [-0.2, -0.15) is 0 Å². The molecule has 1 aliphatic rings. The molecular weight excluding hydrogens is 560 g/mol. The predicted octanol–water partition coefficient (Wildman–Crippen LogP) is 4.14. The Morgan fingerprint density at radius 2 is 1.65 bits per heavy atom. The highest BCUT2D eigenvalue weighted by atomic mass is 79.9. The lowest BCUT2D eigenvalue weighted by Crippen LogP contribution is -2.49. The second-order valence-corrected chi connectivity index (χ2v) is 9.25.